The number of carbonyl (C=O) groups is 1. The zero-order valence-electron chi connectivity index (χ0n) is 10.7. The average Bonchev–Trinajstić information content (AvgIpc) is 2.42. The second kappa shape index (κ2) is 6.86. The fourth-order valence-corrected chi connectivity index (χ4v) is 3.39. The minimum absolute atomic E-state index is 0.0291. The molecule has 1 amide bonds. The zero-order valence-corrected chi connectivity index (χ0v) is 13.8. The van der Waals surface area contributed by atoms with Gasteiger partial charge in [-0.3, -0.25) is 4.79 Å². The second-order valence-corrected chi connectivity index (χ2v) is 6.75. The zero-order chi connectivity index (χ0) is 13.8. The molecule has 2 unspecified atom stereocenters. The fraction of sp³-hybridized carbons (Fsp3) is 0.500. The summed E-state index contributed by atoms with van der Waals surface area (Å²) in [6, 6.07) is 5.82. The maximum absolute atomic E-state index is 12.3. The number of rotatable bonds is 3. The first-order valence-electron chi connectivity index (χ1n) is 6.58. The van der Waals surface area contributed by atoms with E-state index in [1.165, 1.54) is 12.8 Å². The Morgan fingerprint density at radius 1 is 1.32 bits per heavy atom. The van der Waals surface area contributed by atoms with Crippen molar-refractivity contribution in [1.82, 2.24) is 5.32 Å². The smallest absolute Gasteiger partial charge is 0.252 e. The van der Waals surface area contributed by atoms with Crippen LogP contribution in [0.25, 0.3) is 0 Å². The highest BCUT2D eigenvalue weighted by Crippen LogP contribution is 2.25. The molecule has 1 aliphatic rings. The van der Waals surface area contributed by atoms with Gasteiger partial charge in [-0.05, 0) is 59.4 Å². The molecule has 3 nitrogen and oxygen atoms in total. The molecule has 104 valence electrons. The summed E-state index contributed by atoms with van der Waals surface area (Å²) >= 11 is 6.82. The molecule has 0 bridgehead atoms. The van der Waals surface area contributed by atoms with Crippen LogP contribution in [0.5, 0.6) is 0 Å². The molecule has 2 rings (SSSR count). The van der Waals surface area contributed by atoms with Gasteiger partial charge in [-0.2, -0.15) is 0 Å². The van der Waals surface area contributed by atoms with Crippen molar-refractivity contribution in [3.8, 4) is 0 Å². The van der Waals surface area contributed by atoms with Gasteiger partial charge in [0.2, 0.25) is 0 Å². The summed E-state index contributed by atoms with van der Waals surface area (Å²) in [5, 5.41) is 3.13. The third-order valence-corrected chi connectivity index (χ3v) is 4.89. The van der Waals surface area contributed by atoms with Crippen molar-refractivity contribution >= 4 is 37.8 Å². The molecule has 1 aromatic rings. The number of carbonyl (C=O) groups excluding carboxylic acids is 1. The molecule has 5 heteroatoms. The lowest BCUT2D eigenvalue weighted by Crippen LogP contribution is -2.44. The Bertz CT molecular complexity index is 465. The second-order valence-electron chi connectivity index (χ2n) is 4.98. The van der Waals surface area contributed by atoms with Crippen molar-refractivity contribution < 1.29 is 4.79 Å². The predicted octanol–water partition coefficient (Wildman–Crippen LogP) is 3.46. The highest BCUT2D eigenvalue weighted by atomic mass is 79.9. The Hall–Kier alpha value is -0.390. The van der Waals surface area contributed by atoms with E-state index in [0.717, 1.165) is 21.8 Å². The monoisotopic (exact) mass is 388 g/mol. The van der Waals surface area contributed by atoms with Crippen LogP contribution in [0, 0.1) is 5.92 Å². The highest BCUT2D eigenvalue weighted by Gasteiger charge is 2.26. The first-order valence-corrected chi connectivity index (χ1v) is 8.16. The molecular formula is C14H18Br2N2O. The van der Waals surface area contributed by atoms with E-state index in [1.807, 2.05) is 18.2 Å². The molecule has 1 saturated carbocycles. The van der Waals surface area contributed by atoms with Gasteiger partial charge < -0.3 is 11.1 Å². The fourth-order valence-electron chi connectivity index (χ4n) is 2.60. The van der Waals surface area contributed by atoms with E-state index in [-0.39, 0.29) is 11.9 Å². The van der Waals surface area contributed by atoms with Crippen molar-refractivity contribution in [3.05, 3.63) is 32.7 Å². The summed E-state index contributed by atoms with van der Waals surface area (Å²) < 4.78 is 1.72. The predicted molar refractivity (Wildman–Crippen MR) is 84.1 cm³/mol. The summed E-state index contributed by atoms with van der Waals surface area (Å²) in [6.07, 6.45) is 4.52. The summed E-state index contributed by atoms with van der Waals surface area (Å²) in [5.74, 6) is 0.377. The molecule has 2 atom stereocenters. The van der Waals surface area contributed by atoms with Crippen LogP contribution < -0.4 is 11.1 Å². The molecule has 0 saturated heterocycles. The molecule has 19 heavy (non-hydrogen) atoms. The number of nitrogens with one attached hydrogen (secondary N) is 1. The SMILES string of the molecule is NCC1CCCCC1NC(=O)c1cc(Br)ccc1Br. The lowest BCUT2D eigenvalue weighted by atomic mass is 9.84. The van der Waals surface area contributed by atoms with Crippen LogP contribution in [0.1, 0.15) is 36.0 Å². The van der Waals surface area contributed by atoms with Crippen LogP contribution in [0.2, 0.25) is 0 Å². The molecule has 1 aliphatic carbocycles. The summed E-state index contributed by atoms with van der Waals surface area (Å²) in [5.41, 5.74) is 6.46. The van der Waals surface area contributed by atoms with Gasteiger partial charge in [-0.1, -0.05) is 28.8 Å². The van der Waals surface area contributed by atoms with E-state index >= 15 is 0 Å². The number of nitrogens with two attached hydrogens (primary N) is 1. The maximum atomic E-state index is 12.3. The Morgan fingerprint density at radius 3 is 2.79 bits per heavy atom. The summed E-state index contributed by atoms with van der Waals surface area (Å²) in [6.45, 7) is 0.643. The Kier molecular flexibility index (Phi) is 5.42. The first kappa shape index (κ1) is 15.0. The third kappa shape index (κ3) is 3.80. The van der Waals surface area contributed by atoms with Crippen LogP contribution in [0.4, 0.5) is 0 Å². The minimum Gasteiger partial charge on any atom is -0.349 e. The minimum atomic E-state index is -0.0291. The maximum Gasteiger partial charge on any atom is 0.252 e. The molecule has 0 spiro atoms. The third-order valence-electron chi connectivity index (χ3n) is 3.70. The van der Waals surface area contributed by atoms with Crippen LogP contribution in [-0.4, -0.2) is 18.5 Å². The lowest BCUT2D eigenvalue weighted by Gasteiger charge is -2.31. The van der Waals surface area contributed by atoms with Crippen molar-refractivity contribution in [1.29, 1.82) is 0 Å². The van der Waals surface area contributed by atoms with Gasteiger partial charge in [0.1, 0.15) is 0 Å². The van der Waals surface area contributed by atoms with Crippen molar-refractivity contribution in [2.75, 3.05) is 6.54 Å². The van der Waals surface area contributed by atoms with E-state index in [4.69, 9.17) is 5.73 Å². The van der Waals surface area contributed by atoms with Gasteiger partial charge >= 0.3 is 0 Å². The van der Waals surface area contributed by atoms with Gasteiger partial charge in [0.05, 0.1) is 5.56 Å². The molecule has 0 aliphatic heterocycles. The van der Waals surface area contributed by atoms with Crippen LogP contribution in [-0.2, 0) is 0 Å². The Balaban J connectivity index is 2.09. The van der Waals surface area contributed by atoms with Gasteiger partial charge in [0, 0.05) is 15.0 Å². The van der Waals surface area contributed by atoms with E-state index in [2.05, 4.69) is 37.2 Å². The van der Waals surface area contributed by atoms with Gasteiger partial charge in [-0.25, -0.2) is 0 Å². The van der Waals surface area contributed by atoms with E-state index in [1.54, 1.807) is 0 Å². The van der Waals surface area contributed by atoms with Crippen LogP contribution >= 0.6 is 31.9 Å². The van der Waals surface area contributed by atoms with Crippen LogP contribution in [0.3, 0.4) is 0 Å². The Labute approximate surface area is 130 Å². The summed E-state index contributed by atoms with van der Waals surface area (Å²) in [7, 11) is 0. The number of benzene rings is 1. The molecule has 0 aromatic heterocycles. The lowest BCUT2D eigenvalue weighted by molar-refractivity contribution is 0.0907. The van der Waals surface area contributed by atoms with E-state index in [9.17, 15) is 4.79 Å². The van der Waals surface area contributed by atoms with E-state index in [0.29, 0.717) is 18.0 Å². The number of halogens is 2. The standard InChI is InChI=1S/C14H18Br2N2O/c15-10-5-6-12(16)11(7-10)14(19)18-13-4-2-1-3-9(13)8-17/h5-7,9,13H,1-4,8,17H2,(H,18,19). The quantitative estimate of drug-likeness (QED) is 0.831. The number of amides is 1. The molecule has 1 aromatic carbocycles. The number of hydrogen-bond donors (Lipinski definition) is 2. The molecule has 1 fully saturated rings. The van der Waals surface area contributed by atoms with Gasteiger partial charge in [0.15, 0.2) is 0 Å². The van der Waals surface area contributed by atoms with Crippen molar-refractivity contribution in [2.24, 2.45) is 11.7 Å². The molecule has 0 radical (unpaired) electrons. The van der Waals surface area contributed by atoms with Crippen molar-refractivity contribution in [3.63, 3.8) is 0 Å². The van der Waals surface area contributed by atoms with Crippen molar-refractivity contribution in [2.45, 2.75) is 31.7 Å². The molecule has 3 N–H and O–H groups in total. The van der Waals surface area contributed by atoms with Crippen LogP contribution in [0.15, 0.2) is 27.1 Å². The summed E-state index contributed by atoms with van der Waals surface area (Å²) in [4.78, 5) is 12.3. The van der Waals surface area contributed by atoms with Gasteiger partial charge in [-0.15, -0.1) is 0 Å². The normalized spacial score (nSPS) is 23.1. The van der Waals surface area contributed by atoms with Gasteiger partial charge in [0.25, 0.3) is 5.91 Å². The van der Waals surface area contributed by atoms with E-state index < -0.39 is 0 Å². The largest absolute Gasteiger partial charge is 0.349 e. The molecule has 0 heterocycles. The molecular weight excluding hydrogens is 372 g/mol. The average molecular weight is 390 g/mol. The Morgan fingerprint density at radius 2 is 2.05 bits per heavy atom. The first-order chi connectivity index (χ1) is 9.11. The highest BCUT2D eigenvalue weighted by molar-refractivity contribution is 9.11. The topological polar surface area (TPSA) is 55.1 Å². The number of hydrogen-bond acceptors (Lipinski definition) is 2.